The average molecular weight is 362 g/mol. The summed E-state index contributed by atoms with van der Waals surface area (Å²) in [7, 11) is 0. The third-order valence-electron chi connectivity index (χ3n) is 5.87. The molecule has 4 nitrogen and oxygen atoms in total. The van der Waals surface area contributed by atoms with Gasteiger partial charge in [0.1, 0.15) is 5.41 Å². The molecule has 0 radical (unpaired) electrons. The van der Waals surface area contributed by atoms with Crippen LogP contribution >= 0.6 is 0 Å². The topological polar surface area (TPSA) is 40.6 Å². The van der Waals surface area contributed by atoms with Gasteiger partial charge in [0.25, 0.3) is 0 Å². The number of amides is 2. The fraction of sp³-hybridized carbons (Fsp3) is 0.391. The lowest BCUT2D eigenvalue weighted by Gasteiger charge is -2.31. The zero-order chi connectivity index (χ0) is 19.2. The Morgan fingerprint density at radius 1 is 1.15 bits per heavy atom. The molecule has 27 heavy (non-hydrogen) atoms. The summed E-state index contributed by atoms with van der Waals surface area (Å²) in [6.07, 6.45) is 2.12. The molecule has 1 heterocycles. The summed E-state index contributed by atoms with van der Waals surface area (Å²) in [6, 6.07) is 16.1. The van der Waals surface area contributed by atoms with Crippen molar-refractivity contribution in [1.82, 2.24) is 0 Å². The SMILES string of the molecule is CCN(C(=O)C1(C(=O)N2c3ccccc3CC2C)CC1)c1cccc(C)c1. The summed E-state index contributed by atoms with van der Waals surface area (Å²) < 4.78 is 0. The largest absolute Gasteiger partial charge is 0.312 e. The Hall–Kier alpha value is -2.62. The van der Waals surface area contributed by atoms with Crippen molar-refractivity contribution >= 4 is 23.2 Å². The van der Waals surface area contributed by atoms with E-state index in [0.717, 1.165) is 23.4 Å². The molecule has 2 aromatic rings. The quantitative estimate of drug-likeness (QED) is 0.768. The molecule has 1 fully saturated rings. The van der Waals surface area contributed by atoms with Gasteiger partial charge in [-0.1, -0.05) is 30.3 Å². The number of carbonyl (C=O) groups is 2. The number of aryl methyl sites for hydroxylation is 1. The molecule has 1 aliphatic heterocycles. The van der Waals surface area contributed by atoms with E-state index < -0.39 is 5.41 Å². The van der Waals surface area contributed by atoms with Gasteiger partial charge in [-0.05, 0) is 69.4 Å². The Bertz CT molecular complexity index is 901. The van der Waals surface area contributed by atoms with Crippen LogP contribution in [0.4, 0.5) is 11.4 Å². The van der Waals surface area contributed by atoms with Crippen LogP contribution in [0, 0.1) is 12.3 Å². The molecule has 2 aromatic carbocycles. The number of anilines is 2. The van der Waals surface area contributed by atoms with Gasteiger partial charge < -0.3 is 9.80 Å². The normalized spacial score (nSPS) is 19.5. The van der Waals surface area contributed by atoms with Gasteiger partial charge in [-0.3, -0.25) is 9.59 Å². The van der Waals surface area contributed by atoms with Gasteiger partial charge >= 0.3 is 0 Å². The highest BCUT2D eigenvalue weighted by Crippen LogP contribution is 2.51. The first-order valence-electron chi connectivity index (χ1n) is 9.78. The molecular formula is C23H26N2O2. The Morgan fingerprint density at radius 3 is 2.56 bits per heavy atom. The molecule has 4 rings (SSSR count). The summed E-state index contributed by atoms with van der Waals surface area (Å²) >= 11 is 0. The molecule has 1 unspecified atom stereocenters. The second-order valence-electron chi connectivity index (χ2n) is 7.83. The summed E-state index contributed by atoms with van der Waals surface area (Å²) in [6.45, 7) is 6.61. The zero-order valence-corrected chi connectivity index (χ0v) is 16.2. The van der Waals surface area contributed by atoms with Crippen molar-refractivity contribution in [2.45, 2.75) is 46.1 Å². The fourth-order valence-corrected chi connectivity index (χ4v) is 4.25. The molecule has 1 saturated carbocycles. The molecule has 0 aromatic heterocycles. The van der Waals surface area contributed by atoms with Crippen molar-refractivity contribution < 1.29 is 9.59 Å². The lowest BCUT2D eigenvalue weighted by Crippen LogP contribution is -2.49. The summed E-state index contributed by atoms with van der Waals surface area (Å²) in [5.41, 5.74) is 3.24. The van der Waals surface area contributed by atoms with Crippen molar-refractivity contribution in [1.29, 1.82) is 0 Å². The van der Waals surface area contributed by atoms with Crippen LogP contribution in [-0.4, -0.2) is 24.4 Å². The number of nitrogens with zero attached hydrogens (tertiary/aromatic N) is 2. The van der Waals surface area contributed by atoms with Gasteiger partial charge in [0, 0.05) is 24.0 Å². The Morgan fingerprint density at radius 2 is 1.89 bits per heavy atom. The number of fused-ring (bicyclic) bond motifs is 1. The van der Waals surface area contributed by atoms with Crippen LogP contribution in [0.1, 0.15) is 37.8 Å². The predicted octanol–water partition coefficient (Wildman–Crippen LogP) is 4.11. The zero-order valence-electron chi connectivity index (χ0n) is 16.2. The average Bonchev–Trinajstić information content (AvgIpc) is 3.39. The summed E-state index contributed by atoms with van der Waals surface area (Å²) in [4.78, 5) is 30.6. The molecule has 0 bridgehead atoms. The van der Waals surface area contributed by atoms with E-state index >= 15 is 0 Å². The molecular weight excluding hydrogens is 336 g/mol. The number of carbonyl (C=O) groups excluding carboxylic acids is 2. The minimum absolute atomic E-state index is 0.0314. The molecule has 4 heteroatoms. The Kier molecular flexibility index (Phi) is 4.29. The first-order chi connectivity index (χ1) is 13.0. The maximum Gasteiger partial charge on any atom is 0.242 e. The molecule has 140 valence electrons. The lowest BCUT2D eigenvalue weighted by atomic mass is 10.0. The van der Waals surface area contributed by atoms with Crippen molar-refractivity contribution in [2.75, 3.05) is 16.3 Å². The summed E-state index contributed by atoms with van der Waals surface area (Å²) in [5, 5.41) is 0. The van der Waals surface area contributed by atoms with Crippen LogP contribution in [0.2, 0.25) is 0 Å². The van der Waals surface area contributed by atoms with Crippen LogP contribution in [0.3, 0.4) is 0 Å². The summed E-state index contributed by atoms with van der Waals surface area (Å²) in [5.74, 6) is -0.0896. The smallest absolute Gasteiger partial charge is 0.242 e. The first kappa shape index (κ1) is 17.8. The predicted molar refractivity (Wildman–Crippen MR) is 108 cm³/mol. The van der Waals surface area contributed by atoms with Crippen molar-refractivity contribution in [3.05, 3.63) is 59.7 Å². The van der Waals surface area contributed by atoms with Gasteiger partial charge in [0.05, 0.1) is 0 Å². The number of rotatable bonds is 4. The third-order valence-corrected chi connectivity index (χ3v) is 5.87. The highest BCUT2D eigenvalue weighted by Gasteiger charge is 2.60. The van der Waals surface area contributed by atoms with Gasteiger partial charge in [0.15, 0.2) is 0 Å². The van der Waals surface area contributed by atoms with Crippen LogP contribution in [-0.2, 0) is 16.0 Å². The second-order valence-corrected chi connectivity index (χ2v) is 7.83. The second kappa shape index (κ2) is 6.52. The van der Waals surface area contributed by atoms with E-state index in [4.69, 9.17) is 0 Å². The Labute approximate surface area is 160 Å². The molecule has 0 saturated heterocycles. The van der Waals surface area contributed by atoms with Crippen LogP contribution < -0.4 is 9.80 Å². The highest BCUT2D eigenvalue weighted by molar-refractivity contribution is 6.19. The van der Waals surface area contributed by atoms with E-state index in [1.54, 1.807) is 4.90 Å². The van der Waals surface area contributed by atoms with E-state index in [9.17, 15) is 9.59 Å². The molecule has 2 aliphatic rings. The fourth-order valence-electron chi connectivity index (χ4n) is 4.25. The van der Waals surface area contributed by atoms with Gasteiger partial charge in [0.2, 0.25) is 11.8 Å². The van der Waals surface area contributed by atoms with E-state index in [1.165, 1.54) is 5.56 Å². The van der Waals surface area contributed by atoms with E-state index in [1.807, 2.05) is 61.2 Å². The lowest BCUT2D eigenvalue weighted by molar-refractivity contribution is -0.134. The van der Waals surface area contributed by atoms with Crippen molar-refractivity contribution in [3.8, 4) is 0 Å². The van der Waals surface area contributed by atoms with Crippen LogP contribution in [0.5, 0.6) is 0 Å². The van der Waals surface area contributed by atoms with Crippen LogP contribution in [0.25, 0.3) is 0 Å². The van der Waals surface area contributed by atoms with E-state index in [-0.39, 0.29) is 17.9 Å². The maximum atomic E-state index is 13.5. The first-order valence-corrected chi connectivity index (χ1v) is 9.78. The van der Waals surface area contributed by atoms with Gasteiger partial charge in [-0.15, -0.1) is 0 Å². The number of benzene rings is 2. The third kappa shape index (κ3) is 2.84. The van der Waals surface area contributed by atoms with Crippen molar-refractivity contribution in [3.63, 3.8) is 0 Å². The Balaban J connectivity index is 1.65. The number of para-hydroxylation sites is 1. The molecule has 0 spiro atoms. The van der Waals surface area contributed by atoms with Crippen LogP contribution in [0.15, 0.2) is 48.5 Å². The monoisotopic (exact) mass is 362 g/mol. The van der Waals surface area contributed by atoms with Gasteiger partial charge in [-0.2, -0.15) is 0 Å². The highest BCUT2D eigenvalue weighted by atomic mass is 16.2. The van der Waals surface area contributed by atoms with E-state index in [2.05, 4.69) is 13.0 Å². The number of hydrogen-bond acceptors (Lipinski definition) is 2. The molecule has 1 aliphatic carbocycles. The minimum Gasteiger partial charge on any atom is -0.312 e. The molecule has 2 amide bonds. The van der Waals surface area contributed by atoms with Crippen molar-refractivity contribution in [2.24, 2.45) is 5.41 Å². The minimum atomic E-state index is -0.897. The number of hydrogen-bond donors (Lipinski definition) is 0. The van der Waals surface area contributed by atoms with E-state index in [0.29, 0.717) is 19.4 Å². The maximum absolute atomic E-state index is 13.5. The molecule has 1 atom stereocenters. The molecule has 0 N–H and O–H groups in total. The van der Waals surface area contributed by atoms with Gasteiger partial charge in [-0.25, -0.2) is 0 Å². The standard InChI is InChI=1S/C23H26N2O2/c1-4-24(19-10-7-8-16(2)14-19)21(26)23(12-13-23)22(27)25-17(3)15-18-9-5-6-11-20(18)25/h5-11,14,17H,4,12-13,15H2,1-3H3.